The molecule has 6 heterocycles. The van der Waals surface area contributed by atoms with Crippen molar-refractivity contribution in [2.45, 2.75) is 148 Å². The van der Waals surface area contributed by atoms with Gasteiger partial charge in [0.05, 0.1) is 39.2 Å². The summed E-state index contributed by atoms with van der Waals surface area (Å²) >= 11 is 1.67. The summed E-state index contributed by atoms with van der Waals surface area (Å²) in [6.45, 7) is 4.93. The monoisotopic (exact) mass is 1100 g/mol. The van der Waals surface area contributed by atoms with E-state index < -0.39 is 5.92 Å². The third kappa shape index (κ3) is 11.3. The number of piperidine rings is 1. The standard InChI is InChI=1S/C63H73N11O5S/c1-39-48(36-65-74(39)38-63-33-40-30-41(34-63)32-42(31-40)35-63)44-23-25-53(69-59(77)45-17-14-16-43-27-29-73(37-49(43)45)62-67-50-19-11-12-21-52(50)80-62)68-57(44)61(79)64-28-13-9-7-5-3-4-6-8-10-22-54(75)66-51-20-15-18-46-56(71-72(2)58(46)51)47-24-26-55(76)70-60(47)78/h11-12,14-21,23,25,36,40-42,47H,3-10,13,22,24,26-35,37-38H2,1-2H3,(H,64,79)(H,66,75)(H,68,69,77)(H,70,76,78). The lowest BCUT2D eigenvalue weighted by Crippen LogP contribution is -2.48. The highest BCUT2D eigenvalue weighted by Crippen LogP contribution is 2.60. The van der Waals surface area contributed by atoms with E-state index in [1.807, 2.05) is 66.9 Å². The van der Waals surface area contributed by atoms with Crippen LogP contribution in [-0.4, -0.2) is 72.2 Å². The lowest BCUT2D eigenvalue weighted by Gasteiger charge is -2.56. The van der Waals surface area contributed by atoms with Crippen molar-refractivity contribution >= 4 is 78.6 Å². The molecule has 416 valence electrons. The molecular weight excluding hydrogens is 1020 g/mol. The van der Waals surface area contributed by atoms with Crippen LogP contribution in [0.4, 0.5) is 16.6 Å². The van der Waals surface area contributed by atoms with E-state index in [0.717, 1.165) is 144 Å². The molecule has 5 fully saturated rings. The van der Waals surface area contributed by atoms with Gasteiger partial charge in [0.25, 0.3) is 11.8 Å². The second kappa shape index (κ2) is 23.1. The van der Waals surface area contributed by atoms with Gasteiger partial charge in [0, 0.05) is 73.8 Å². The number of rotatable bonds is 21. The summed E-state index contributed by atoms with van der Waals surface area (Å²) in [5.41, 5.74) is 8.96. The third-order valence-corrected chi connectivity index (χ3v) is 19.2. The fourth-order valence-corrected chi connectivity index (χ4v) is 15.5. The first kappa shape index (κ1) is 53.4. The van der Waals surface area contributed by atoms with Gasteiger partial charge in [0.1, 0.15) is 11.5 Å². The molecule has 17 heteroatoms. The summed E-state index contributed by atoms with van der Waals surface area (Å²) in [6.07, 6.45) is 20.9. The van der Waals surface area contributed by atoms with Crippen molar-refractivity contribution in [2.24, 2.45) is 30.2 Å². The average molecular weight is 1100 g/mol. The molecular formula is C63H73N11O5S. The van der Waals surface area contributed by atoms with Gasteiger partial charge < -0.3 is 20.9 Å². The second-order valence-electron chi connectivity index (χ2n) is 23.8. The molecule has 1 saturated heterocycles. The van der Waals surface area contributed by atoms with E-state index in [1.165, 1.54) is 38.5 Å². The van der Waals surface area contributed by atoms with Crippen molar-refractivity contribution < 1.29 is 24.0 Å². The Labute approximate surface area is 471 Å². The zero-order valence-electron chi connectivity index (χ0n) is 46.2. The number of nitrogens with zero attached hydrogens (tertiary/aromatic N) is 7. The van der Waals surface area contributed by atoms with Crippen LogP contribution >= 0.6 is 11.3 Å². The summed E-state index contributed by atoms with van der Waals surface area (Å²) in [5, 5.41) is 23.1. The van der Waals surface area contributed by atoms with Crippen molar-refractivity contribution in [3.8, 4) is 11.1 Å². The van der Waals surface area contributed by atoms with E-state index in [-0.39, 0.29) is 41.7 Å². The molecule has 5 amide bonds. The van der Waals surface area contributed by atoms with Crippen molar-refractivity contribution in [3.63, 3.8) is 0 Å². The van der Waals surface area contributed by atoms with E-state index in [9.17, 15) is 24.0 Å². The number of unbranched alkanes of at least 4 members (excludes halogenated alkanes) is 8. The van der Waals surface area contributed by atoms with Gasteiger partial charge in [-0.2, -0.15) is 10.2 Å². The minimum atomic E-state index is -0.508. The Kier molecular flexibility index (Phi) is 15.4. The number of hydrogen-bond acceptors (Lipinski definition) is 11. The van der Waals surface area contributed by atoms with E-state index in [0.29, 0.717) is 59.7 Å². The van der Waals surface area contributed by atoms with Crippen LogP contribution in [0.25, 0.3) is 32.2 Å². The molecule has 4 saturated carbocycles. The summed E-state index contributed by atoms with van der Waals surface area (Å²) in [4.78, 5) is 78.2. The van der Waals surface area contributed by atoms with Gasteiger partial charge in [0.15, 0.2) is 5.13 Å². The van der Waals surface area contributed by atoms with E-state index in [4.69, 9.17) is 15.1 Å². The van der Waals surface area contributed by atoms with E-state index in [2.05, 4.69) is 55.0 Å². The zero-order valence-corrected chi connectivity index (χ0v) is 47.0. The molecule has 3 aromatic carbocycles. The first-order chi connectivity index (χ1) is 38.9. The smallest absolute Gasteiger partial charge is 0.270 e. The highest BCUT2D eigenvalue weighted by Gasteiger charge is 2.51. The molecule has 80 heavy (non-hydrogen) atoms. The number of anilines is 3. The SMILES string of the molecule is Cc1c(-c2ccc(NC(=O)c3cccc4c3CN(c3nc5ccccc5s3)CC4)nc2C(=O)NCCCCCCCCCCCC(=O)Nc2cccc3c(C4CCC(=O)NC4=O)nn(C)c23)cnn1CC12CC3CC(CC(C3)C1)C2. The minimum Gasteiger partial charge on any atom is -0.351 e. The Hall–Kier alpha value is -7.27. The van der Waals surface area contributed by atoms with Gasteiger partial charge in [-0.15, -0.1) is 0 Å². The van der Waals surface area contributed by atoms with E-state index in [1.54, 1.807) is 23.1 Å². The summed E-state index contributed by atoms with van der Waals surface area (Å²) in [5.74, 6) is 1.17. The van der Waals surface area contributed by atoms with Gasteiger partial charge in [-0.05, 0) is 142 Å². The second-order valence-corrected chi connectivity index (χ2v) is 24.8. The molecule has 7 aromatic rings. The van der Waals surface area contributed by atoms with Crippen molar-refractivity contribution in [1.82, 2.24) is 40.2 Å². The number of benzene rings is 3. The first-order valence-electron chi connectivity index (χ1n) is 29.4. The number of carbonyl (C=O) groups excluding carboxylic acids is 5. The number of hydrogen-bond donors (Lipinski definition) is 4. The van der Waals surface area contributed by atoms with Crippen LogP contribution in [0.15, 0.2) is 79.0 Å². The van der Waals surface area contributed by atoms with Crippen LogP contribution < -0.4 is 26.2 Å². The van der Waals surface area contributed by atoms with Crippen molar-refractivity contribution in [2.75, 3.05) is 28.6 Å². The van der Waals surface area contributed by atoms with Gasteiger partial charge >= 0.3 is 0 Å². The molecule has 13 rings (SSSR count). The average Bonchev–Trinajstić information content (AvgIpc) is 4.26. The summed E-state index contributed by atoms with van der Waals surface area (Å²) < 4.78 is 5.03. The van der Waals surface area contributed by atoms with Crippen LogP contribution in [-0.2, 0) is 40.9 Å². The maximum absolute atomic E-state index is 14.4. The molecule has 2 aliphatic heterocycles. The van der Waals surface area contributed by atoms with Crippen molar-refractivity contribution in [3.05, 3.63) is 113 Å². The van der Waals surface area contributed by atoms with Crippen LogP contribution in [0.2, 0.25) is 0 Å². The maximum Gasteiger partial charge on any atom is 0.270 e. The zero-order chi connectivity index (χ0) is 54.9. The number of thiazole rings is 1. The molecule has 1 unspecified atom stereocenters. The maximum atomic E-state index is 14.4. The topological polar surface area (TPSA) is 198 Å². The molecule has 4 aromatic heterocycles. The minimum absolute atomic E-state index is 0.0519. The van der Waals surface area contributed by atoms with Gasteiger partial charge in [-0.1, -0.05) is 92.7 Å². The van der Waals surface area contributed by atoms with Gasteiger partial charge in [0.2, 0.25) is 17.7 Å². The fraction of sp³-hybridized carbons (Fsp3) is 0.476. The molecule has 0 spiro atoms. The summed E-state index contributed by atoms with van der Waals surface area (Å²) in [7, 11) is 1.81. The summed E-state index contributed by atoms with van der Waals surface area (Å²) in [6, 6.07) is 23.5. The Morgan fingerprint density at radius 2 is 1.51 bits per heavy atom. The number of pyridine rings is 1. The quantitative estimate of drug-likeness (QED) is 0.0397. The van der Waals surface area contributed by atoms with E-state index >= 15 is 0 Å². The highest BCUT2D eigenvalue weighted by atomic mass is 32.1. The normalized spacial score (nSPS) is 21.2. The Bertz CT molecular complexity index is 3440. The first-order valence-corrected chi connectivity index (χ1v) is 30.2. The number of para-hydroxylation sites is 2. The van der Waals surface area contributed by atoms with Crippen LogP contribution in [0.3, 0.4) is 0 Å². The Morgan fingerprint density at radius 3 is 2.27 bits per heavy atom. The predicted molar refractivity (Wildman–Crippen MR) is 313 cm³/mol. The molecule has 16 nitrogen and oxygen atoms in total. The number of aromatic nitrogens is 6. The molecule has 0 radical (unpaired) electrons. The predicted octanol–water partition coefficient (Wildman–Crippen LogP) is 11.6. The van der Waals surface area contributed by atoms with Crippen LogP contribution in [0, 0.1) is 30.1 Å². The molecule has 1 atom stereocenters. The number of imide groups is 1. The van der Waals surface area contributed by atoms with Gasteiger partial charge in [-0.25, -0.2) is 9.97 Å². The lowest BCUT2D eigenvalue weighted by molar-refractivity contribution is -0.134. The Morgan fingerprint density at radius 1 is 0.775 bits per heavy atom. The molecule has 4 aliphatic carbocycles. The number of carbonyl (C=O) groups is 5. The highest BCUT2D eigenvalue weighted by molar-refractivity contribution is 7.22. The largest absolute Gasteiger partial charge is 0.351 e. The number of fused-ring (bicyclic) bond motifs is 3. The molecule has 4 N–H and O–H groups in total. The molecule has 4 bridgehead atoms. The number of aryl methyl sites for hydroxylation is 1. The lowest BCUT2D eigenvalue weighted by atomic mass is 9.49. The van der Waals surface area contributed by atoms with Crippen LogP contribution in [0.1, 0.15) is 165 Å². The number of amides is 5. The Balaban J connectivity index is 0.635. The van der Waals surface area contributed by atoms with Crippen LogP contribution in [0.5, 0.6) is 0 Å². The third-order valence-electron chi connectivity index (χ3n) is 18.1. The van der Waals surface area contributed by atoms with Crippen molar-refractivity contribution in [1.29, 1.82) is 0 Å². The fourth-order valence-electron chi connectivity index (χ4n) is 14.6. The van der Waals surface area contributed by atoms with Gasteiger partial charge in [-0.3, -0.25) is 38.7 Å². The molecule has 6 aliphatic rings. The number of nitrogens with one attached hydrogen (secondary N) is 4.